The van der Waals surface area contributed by atoms with Crippen molar-refractivity contribution in [1.82, 2.24) is 9.78 Å². The Morgan fingerprint density at radius 1 is 1.24 bits per heavy atom. The van der Waals surface area contributed by atoms with Crippen LogP contribution in [0.15, 0.2) is 30.5 Å². The van der Waals surface area contributed by atoms with Gasteiger partial charge >= 0.3 is 0 Å². The molecule has 0 aliphatic carbocycles. The lowest BCUT2D eigenvalue weighted by molar-refractivity contribution is 0.272. The van der Waals surface area contributed by atoms with Gasteiger partial charge in [0.05, 0.1) is 24.0 Å². The van der Waals surface area contributed by atoms with E-state index in [1.807, 2.05) is 36.9 Å². The maximum Gasteiger partial charge on any atom is 0.142 e. The lowest BCUT2D eigenvalue weighted by Gasteiger charge is -2.18. The Morgan fingerprint density at radius 2 is 1.95 bits per heavy atom. The highest BCUT2D eigenvalue weighted by atomic mass is 16.5. The van der Waals surface area contributed by atoms with E-state index in [9.17, 15) is 0 Å². The van der Waals surface area contributed by atoms with Crippen LogP contribution in [-0.2, 0) is 7.05 Å². The van der Waals surface area contributed by atoms with Gasteiger partial charge in [-0.25, -0.2) is 0 Å². The summed E-state index contributed by atoms with van der Waals surface area (Å²) in [6, 6.07) is 8.27. The topological polar surface area (TPSA) is 39.1 Å². The molecule has 21 heavy (non-hydrogen) atoms. The summed E-state index contributed by atoms with van der Waals surface area (Å²) in [5.41, 5.74) is 3.28. The maximum atomic E-state index is 5.89. The molecule has 1 aromatic heterocycles. The van der Waals surface area contributed by atoms with Gasteiger partial charge in [-0.1, -0.05) is 26.0 Å². The average molecular weight is 287 g/mol. The molecule has 0 saturated carbocycles. The van der Waals surface area contributed by atoms with Crippen LogP contribution in [0, 0.1) is 12.8 Å². The monoisotopic (exact) mass is 287 g/mol. The Hall–Kier alpha value is -1.97. The second-order valence-electron chi connectivity index (χ2n) is 5.91. The standard InChI is InChI=1S/C17H25N3O/c1-12(2)11-21-17-9-7-6-8-16(17)18-13(3)15-10-20(5)19-14(15)4/h6-10,12-13,18H,11H2,1-5H3. The molecule has 1 aromatic carbocycles. The van der Waals surface area contributed by atoms with Crippen molar-refractivity contribution in [2.75, 3.05) is 11.9 Å². The summed E-state index contributed by atoms with van der Waals surface area (Å²) < 4.78 is 7.74. The quantitative estimate of drug-likeness (QED) is 0.874. The summed E-state index contributed by atoms with van der Waals surface area (Å²) >= 11 is 0. The first-order valence-electron chi connectivity index (χ1n) is 7.46. The summed E-state index contributed by atoms with van der Waals surface area (Å²) in [6.45, 7) is 9.20. The van der Waals surface area contributed by atoms with Gasteiger partial charge in [0, 0.05) is 18.8 Å². The first-order valence-corrected chi connectivity index (χ1v) is 7.46. The van der Waals surface area contributed by atoms with Crippen molar-refractivity contribution in [3.8, 4) is 5.75 Å². The zero-order chi connectivity index (χ0) is 15.4. The lowest BCUT2D eigenvalue weighted by Crippen LogP contribution is -2.10. The third-order valence-electron chi connectivity index (χ3n) is 3.35. The largest absolute Gasteiger partial charge is 0.491 e. The van der Waals surface area contributed by atoms with Crippen LogP contribution in [0.25, 0.3) is 0 Å². The van der Waals surface area contributed by atoms with Crippen LogP contribution < -0.4 is 10.1 Å². The summed E-state index contributed by atoms with van der Waals surface area (Å²) in [5.74, 6) is 1.41. The smallest absolute Gasteiger partial charge is 0.142 e. The minimum absolute atomic E-state index is 0.183. The number of hydrogen-bond acceptors (Lipinski definition) is 3. The first-order chi connectivity index (χ1) is 9.97. The van der Waals surface area contributed by atoms with Gasteiger partial charge in [-0.05, 0) is 31.9 Å². The predicted octanol–water partition coefficient (Wildman–Crippen LogP) is 3.94. The fourth-order valence-electron chi connectivity index (χ4n) is 2.32. The van der Waals surface area contributed by atoms with Crippen LogP contribution in [0.4, 0.5) is 5.69 Å². The van der Waals surface area contributed by atoms with E-state index in [4.69, 9.17) is 4.74 Å². The zero-order valence-corrected chi connectivity index (χ0v) is 13.6. The van der Waals surface area contributed by atoms with Crippen molar-refractivity contribution in [2.45, 2.75) is 33.7 Å². The number of anilines is 1. The van der Waals surface area contributed by atoms with E-state index < -0.39 is 0 Å². The molecule has 1 atom stereocenters. The summed E-state index contributed by atoms with van der Waals surface area (Å²) in [4.78, 5) is 0. The van der Waals surface area contributed by atoms with Gasteiger partial charge in [0.2, 0.25) is 0 Å². The van der Waals surface area contributed by atoms with E-state index in [0.717, 1.165) is 23.7 Å². The van der Waals surface area contributed by atoms with Crippen LogP contribution in [0.5, 0.6) is 5.75 Å². The maximum absolute atomic E-state index is 5.89. The van der Waals surface area contributed by atoms with Crippen LogP contribution in [-0.4, -0.2) is 16.4 Å². The van der Waals surface area contributed by atoms with Crippen LogP contribution >= 0.6 is 0 Å². The molecule has 0 saturated heterocycles. The highest BCUT2D eigenvalue weighted by molar-refractivity contribution is 5.57. The molecule has 1 heterocycles. The highest BCUT2D eigenvalue weighted by Crippen LogP contribution is 2.29. The fourth-order valence-corrected chi connectivity index (χ4v) is 2.32. The minimum Gasteiger partial charge on any atom is -0.491 e. The van der Waals surface area contributed by atoms with Crippen molar-refractivity contribution in [1.29, 1.82) is 0 Å². The van der Waals surface area contributed by atoms with E-state index >= 15 is 0 Å². The molecule has 1 N–H and O–H groups in total. The fraction of sp³-hybridized carbons (Fsp3) is 0.471. The number of benzene rings is 1. The Bertz CT molecular complexity index is 589. The molecule has 0 amide bonds. The van der Waals surface area contributed by atoms with Crippen molar-refractivity contribution in [2.24, 2.45) is 13.0 Å². The van der Waals surface area contributed by atoms with Gasteiger partial charge in [0.15, 0.2) is 0 Å². The molecule has 0 bridgehead atoms. The van der Waals surface area contributed by atoms with E-state index in [1.165, 1.54) is 5.56 Å². The molecule has 0 aliphatic heterocycles. The van der Waals surface area contributed by atoms with Gasteiger partial charge in [0.1, 0.15) is 5.75 Å². The predicted molar refractivity (Wildman–Crippen MR) is 86.8 cm³/mol. The molecule has 0 radical (unpaired) electrons. The minimum atomic E-state index is 0.183. The van der Waals surface area contributed by atoms with Gasteiger partial charge < -0.3 is 10.1 Å². The third kappa shape index (κ3) is 4.00. The SMILES string of the molecule is Cc1nn(C)cc1C(C)Nc1ccccc1OCC(C)C. The number of rotatable bonds is 6. The number of aryl methyl sites for hydroxylation is 2. The van der Waals surface area contributed by atoms with Crippen molar-refractivity contribution < 1.29 is 4.74 Å². The number of aromatic nitrogens is 2. The van der Waals surface area contributed by atoms with Crippen LogP contribution in [0.1, 0.15) is 38.1 Å². The van der Waals surface area contributed by atoms with Gasteiger partial charge in [-0.3, -0.25) is 4.68 Å². The highest BCUT2D eigenvalue weighted by Gasteiger charge is 2.13. The number of para-hydroxylation sites is 2. The summed E-state index contributed by atoms with van der Waals surface area (Å²) in [6.07, 6.45) is 2.06. The third-order valence-corrected chi connectivity index (χ3v) is 3.35. The number of nitrogens with one attached hydrogen (secondary N) is 1. The molecule has 2 aromatic rings. The second-order valence-corrected chi connectivity index (χ2v) is 5.91. The van der Waals surface area contributed by atoms with E-state index in [2.05, 4.69) is 43.4 Å². The Balaban J connectivity index is 2.13. The Kier molecular flexibility index (Phi) is 4.89. The van der Waals surface area contributed by atoms with Gasteiger partial charge in [-0.15, -0.1) is 0 Å². The zero-order valence-electron chi connectivity index (χ0n) is 13.6. The molecular formula is C17H25N3O. The molecule has 114 valence electrons. The van der Waals surface area contributed by atoms with Gasteiger partial charge in [-0.2, -0.15) is 5.10 Å². The Morgan fingerprint density at radius 3 is 2.57 bits per heavy atom. The normalized spacial score (nSPS) is 12.5. The van der Waals surface area contributed by atoms with Crippen molar-refractivity contribution in [3.05, 3.63) is 41.7 Å². The molecule has 1 unspecified atom stereocenters. The van der Waals surface area contributed by atoms with Gasteiger partial charge in [0.25, 0.3) is 0 Å². The summed E-state index contributed by atoms with van der Waals surface area (Å²) in [5, 5.41) is 7.93. The van der Waals surface area contributed by atoms with Crippen molar-refractivity contribution >= 4 is 5.69 Å². The number of nitrogens with zero attached hydrogens (tertiary/aromatic N) is 2. The molecule has 0 spiro atoms. The van der Waals surface area contributed by atoms with Crippen LogP contribution in [0.3, 0.4) is 0 Å². The van der Waals surface area contributed by atoms with E-state index in [0.29, 0.717) is 5.92 Å². The first kappa shape index (κ1) is 15.4. The van der Waals surface area contributed by atoms with E-state index in [1.54, 1.807) is 0 Å². The Labute approximate surface area is 127 Å². The molecule has 0 aliphatic rings. The summed E-state index contributed by atoms with van der Waals surface area (Å²) in [7, 11) is 1.95. The molecule has 2 rings (SSSR count). The lowest BCUT2D eigenvalue weighted by atomic mass is 10.1. The average Bonchev–Trinajstić information content (AvgIpc) is 2.76. The van der Waals surface area contributed by atoms with Crippen LogP contribution in [0.2, 0.25) is 0 Å². The molecular weight excluding hydrogens is 262 g/mol. The number of hydrogen-bond donors (Lipinski definition) is 1. The van der Waals surface area contributed by atoms with Crippen molar-refractivity contribution in [3.63, 3.8) is 0 Å². The van der Waals surface area contributed by atoms with E-state index in [-0.39, 0.29) is 6.04 Å². The molecule has 4 heteroatoms. The molecule has 4 nitrogen and oxygen atoms in total. The second kappa shape index (κ2) is 6.66. The molecule has 0 fully saturated rings. The number of ether oxygens (including phenoxy) is 1.